The number of anilines is 1. The molecule has 1 spiro atoms. The number of fused-ring (bicyclic) bond motifs is 1. The van der Waals surface area contributed by atoms with Gasteiger partial charge in [0.1, 0.15) is 5.82 Å². The minimum atomic E-state index is -3.41. The zero-order valence-corrected chi connectivity index (χ0v) is 21.6. The lowest BCUT2D eigenvalue weighted by Gasteiger charge is -2.45. The van der Waals surface area contributed by atoms with Crippen molar-refractivity contribution in [1.29, 1.82) is 0 Å². The largest absolute Gasteiger partial charge is 0.381 e. The highest BCUT2D eigenvalue weighted by Crippen LogP contribution is 2.40. The Bertz CT molecular complexity index is 1390. The number of amides is 1. The summed E-state index contributed by atoms with van der Waals surface area (Å²) in [6, 6.07) is 10.7. The van der Waals surface area contributed by atoms with Gasteiger partial charge >= 0.3 is 0 Å². The van der Waals surface area contributed by atoms with Crippen molar-refractivity contribution in [3.8, 4) is 0 Å². The molecule has 9 heteroatoms. The van der Waals surface area contributed by atoms with Gasteiger partial charge in [0.15, 0.2) is 9.84 Å². The lowest BCUT2D eigenvalue weighted by molar-refractivity contribution is 0.00747. The molecule has 2 aromatic heterocycles. The summed E-state index contributed by atoms with van der Waals surface area (Å²) in [6.45, 7) is 5.63. The Hall–Kier alpha value is -3.04. The van der Waals surface area contributed by atoms with Gasteiger partial charge in [0.25, 0.3) is 5.91 Å². The molecule has 0 aliphatic carbocycles. The SMILES string of the molecule is Cc1ccc(C(=O)NCc2cc3nc(N4CCCC5(CCOCC5)C4)ccc3cn2)cc1S(C)(=O)=O. The Morgan fingerprint density at radius 1 is 1.14 bits per heavy atom. The first-order chi connectivity index (χ1) is 17.2. The first kappa shape index (κ1) is 24.6. The van der Waals surface area contributed by atoms with Crippen LogP contribution in [-0.4, -0.2) is 56.9 Å². The maximum atomic E-state index is 12.7. The van der Waals surface area contributed by atoms with Gasteiger partial charge in [0.2, 0.25) is 0 Å². The Morgan fingerprint density at radius 3 is 2.72 bits per heavy atom. The number of hydrogen-bond donors (Lipinski definition) is 1. The third kappa shape index (κ3) is 5.22. The number of pyridine rings is 2. The molecule has 0 saturated carbocycles. The summed E-state index contributed by atoms with van der Waals surface area (Å²) in [5, 5.41) is 3.80. The Labute approximate surface area is 212 Å². The van der Waals surface area contributed by atoms with Crippen molar-refractivity contribution in [3.63, 3.8) is 0 Å². The van der Waals surface area contributed by atoms with Gasteiger partial charge in [0, 0.05) is 49.7 Å². The van der Waals surface area contributed by atoms with Crippen molar-refractivity contribution < 1.29 is 17.9 Å². The third-order valence-electron chi connectivity index (χ3n) is 7.43. The second-order valence-corrected chi connectivity index (χ2v) is 12.1. The number of piperidine rings is 1. The van der Waals surface area contributed by atoms with Crippen LogP contribution in [0.3, 0.4) is 0 Å². The molecule has 190 valence electrons. The predicted octanol–water partition coefficient (Wildman–Crippen LogP) is 3.67. The van der Waals surface area contributed by atoms with Crippen molar-refractivity contribution in [3.05, 3.63) is 59.4 Å². The molecule has 0 unspecified atom stereocenters. The van der Waals surface area contributed by atoms with Crippen LogP contribution in [0.1, 0.15) is 47.3 Å². The van der Waals surface area contributed by atoms with E-state index in [4.69, 9.17) is 9.72 Å². The van der Waals surface area contributed by atoms with Crippen LogP contribution >= 0.6 is 0 Å². The fourth-order valence-electron chi connectivity index (χ4n) is 5.35. The Balaban J connectivity index is 1.31. The average molecular weight is 509 g/mol. The molecule has 1 N–H and O–H groups in total. The highest BCUT2D eigenvalue weighted by molar-refractivity contribution is 7.90. The van der Waals surface area contributed by atoms with Gasteiger partial charge in [-0.05, 0) is 73.9 Å². The van der Waals surface area contributed by atoms with E-state index in [2.05, 4.69) is 27.3 Å². The van der Waals surface area contributed by atoms with Crippen molar-refractivity contribution >= 4 is 32.5 Å². The van der Waals surface area contributed by atoms with Crippen LogP contribution in [-0.2, 0) is 21.1 Å². The van der Waals surface area contributed by atoms with E-state index in [-0.39, 0.29) is 17.3 Å². The summed E-state index contributed by atoms with van der Waals surface area (Å²) in [4.78, 5) is 24.7. The highest BCUT2D eigenvalue weighted by Gasteiger charge is 2.37. The summed E-state index contributed by atoms with van der Waals surface area (Å²) >= 11 is 0. The van der Waals surface area contributed by atoms with Crippen LogP contribution in [0.4, 0.5) is 5.82 Å². The zero-order valence-electron chi connectivity index (χ0n) is 20.8. The van der Waals surface area contributed by atoms with E-state index in [1.165, 1.54) is 12.5 Å². The zero-order chi connectivity index (χ0) is 25.3. The molecule has 2 aliphatic heterocycles. The minimum Gasteiger partial charge on any atom is -0.381 e. The summed E-state index contributed by atoms with van der Waals surface area (Å²) in [5.74, 6) is 0.626. The number of aryl methyl sites for hydroxylation is 1. The van der Waals surface area contributed by atoms with Gasteiger partial charge in [-0.2, -0.15) is 0 Å². The first-order valence-electron chi connectivity index (χ1n) is 12.4. The fraction of sp³-hybridized carbons (Fsp3) is 0.444. The van der Waals surface area contributed by atoms with Gasteiger partial charge in [-0.1, -0.05) is 6.07 Å². The minimum absolute atomic E-state index is 0.163. The third-order valence-corrected chi connectivity index (χ3v) is 8.67. The average Bonchev–Trinajstić information content (AvgIpc) is 2.87. The van der Waals surface area contributed by atoms with Crippen molar-refractivity contribution in [1.82, 2.24) is 15.3 Å². The highest BCUT2D eigenvalue weighted by atomic mass is 32.2. The summed E-state index contributed by atoms with van der Waals surface area (Å²) < 4.78 is 29.6. The van der Waals surface area contributed by atoms with Crippen LogP contribution in [0.5, 0.6) is 0 Å². The second kappa shape index (κ2) is 9.78. The van der Waals surface area contributed by atoms with Crippen LogP contribution in [0, 0.1) is 12.3 Å². The number of hydrogen-bond acceptors (Lipinski definition) is 7. The van der Waals surface area contributed by atoms with E-state index >= 15 is 0 Å². The summed E-state index contributed by atoms with van der Waals surface area (Å²) in [6.07, 6.45) is 7.55. The van der Waals surface area contributed by atoms with E-state index in [0.29, 0.717) is 22.2 Å². The monoisotopic (exact) mass is 508 g/mol. The number of rotatable bonds is 5. The predicted molar refractivity (Wildman–Crippen MR) is 139 cm³/mol. The molecule has 0 atom stereocenters. The quantitative estimate of drug-likeness (QED) is 0.561. The molecule has 2 fully saturated rings. The van der Waals surface area contributed by atoms with E-state index in [1.807, 2.05) is 6.07 Å². The van der Waals surface area contributed by atoms with Crippen molar-refractivity contribution in [2.75, 3.05) is 37.5 Å². The van der Waals surface area contributed by atoms with Gasteiger partial charge < -0.3 is 15.0 Å². The van der Waals surface area contributed by atoms with Crippen LogP contribution in [0.2, 0.25) is 0 Å². The number of benzene rings is 1. The molecule has 1 aromatic carbocycles. The lowest BCUT2D eigenvalue weighted by Crippen LogP contribution is -2.46. The second-order valence-electron chi connectivity index (χ2n) is 10.1. The molecule has 2 saturated heterocycles. The fourth-order valence-corrected chi connectivity index (χ4v) is 6.34. The van der Waals surface area contributed by atoms with E-state index < -0.39 is 9.84 Å². The van der Waals surface area contributed by atoms with E-state index in [9.17, 15) is 13.2 Å². The normalized spacial score (nSPS) is 17.9. The molecule has 4 heterocycles. The molecule has 5 rings (SSSR count). The number of sulfone groups is 1. The number of aromatic nitrogens is 2. The lowest BCUT2D eigenvalue weighted by atomic mass is 9.74. The van der Waals surface area contributed by atoms with Crippen molar-refractivity contribution in [2.24, 2.45) is 5.41 Å². The Kier molecular flexibility index (Phi) is 6.70. The van der Waals surface area contributed by atoms with Crippen LogP contribution in [0.25, 0.3) is 10.9 Å². The van der Waals surface area contributed by atoms with Gasteiger partial charge in [-0.15, -0.1) is 0 Å². The summed E-state index contributed by atoms with van der Waals surface area (Å²) in [7, 11) is -3.41. The molecule has 1 amide bonds. The number of ether oxygens (including phenoxy) is 1. The van der Waals surface area contributed by atoms with Gasteiger partial charge in [0.05, 0.1) is 22.7 Å². The Morgan fingerprint density at radius 2 is 1.94 bits per heavy atom. The van der Waals surface area contributed by atoms with E-state index in [1.54, 1.807) is 25.3 Å². The number of carbonyl (C=O) groups excluding carboxylic acids is 1. The van der Waals surface area contributed by atoms with Crippen molar-refractivity contribution in [2.45, 2.75) is 44.0 Å². The van der Waals surface area contributed by atoms with E-state index in [0.717, 1.165) is 68.5 Å². The molecule has 36 heavy (non-hydrogen) atoms. The number of nitrogens with one attached hydrogen (secondary N) is 1. The standard InChI is InChI=1S/C27H32N4O4S/c1-19-4-5-20(14-24(19)36(2,33)34)26(32)29-17-22-15-23-21(16-28-22)6-7-25(30-23)31-11-3-8-27(18-31)9-12-35-13-10-27/h4-7,14-16H,3,8-13,17-18H2,1-2H3,(H,29,32). The van der Waals surface area contributed by atoms with Gasteiger partial charge in [-0.25, -0.2) is 13.4 Å². The molecular weight excluding hydrogens is 476 g/mol. The molecule has 8 nitrogen and oxygen atoms in total. The number of nitrogens with zero attached hydrogens (tertiary/aromatic N) is 3. The molecule has 0 bridgehead atoms. The van der Waals surface area contributed by atoms with Gasteiger partial charge in [-0.3, -0.25) is 9.78 Å². The molecular formula is C27H32N4O4S. The maximum absolute atomic E-state index is 12.7. The van der Waals surface area contributed by atoms with Crippen LogP contribution in [0.15, 0.2) is 47.5 Å². The smallest absolute Gasteiger partial charge is 0.251 e. The molecule has 0 radical (unpaired) electrons. The topological polar surface area (TPSA) is 101 Å². The summed E-state index contributed by atoms with van der Waals surface area (Å²) in [5.41, 5.74) is 2.77. The number of carbonyl (C=O) groups is 1. The first-order valence-corrected chi connectivity index (χ1v) is 14.3. The molecule has 2 aliphatic rings. The maximum Gasteiger partial charge on any atom is 0.251 e. The van der Waals surface area contributed by atoms with Crippen LogP contribution < -0.4 is 10.2 Å². The molecule has 3 aromatic rings.